The molecule has 1 atom stereocenters. The highest BCUT2D eigenvalue weighted by Gasteiger charge is 2.32. The van der Waals surface area contributed by atoms with Crippen LogP contribution in [0.4, 0.5) is 4.39 Å². The van der Waals surface area contributed by atoms with Gasteiger partial charge in [-0.25, -0.2) is 19.2 Å². The second-order valence-electron chi connectivity index (χ2n) is 10.2. The number of fused-ring (bicyclic) bond motifs is 3. The summed E-state index contributed by atoms with van der Waals surface area (Å²) in [5, 5.41) is 18.3. The third-order valence-electron chi connectivity index (χ3n) is 7.87. The van der Waals surface area contributed by atoms with Crippen LogP contribution in [0.1, 0.15) is 70.6 Å². The molecule has 6 rings (SSSR count). The lowest BCUT2D eigenvalue weighted by atomic mass is 9.91. The van der Waals surface area contributed by atoms with Gasteiger partial charge in [0.2, 0.25) is 5.88 Å². The molecule has 39 heavy (non-hydrogen) atoms. The Labute approximate surface area is 225 Å². The lowest BCUT2D eigenvalue weighted by Gasteiger charge is -2.39. The Morgan fingerprint density at radius 1 is 1.08 bits per heavy atom. The van der Waals surface area contributed by atoms with Gasteiger partial charge < -0.3 is 14.4 Å². The van der Waals surface area contributed by atoms with Crippen molar-refractivity contribution in [1.29, 1.82) is 5.26 Å². The molecule has 2 aliphatic rings. The van der Waals surface area contributed by atoms with Crippen molar-refractivity contribution in [2.24, 2.45) is 0 Å². The van der Waals surface area contributed by atoms with Gasteiger partial charge in [-0.05, 0) is 75.2 Å². The standard InChI is InChI=1S/C30H28FN5O3/c31-23-15-19(17-32)6-7-22(23)18-39-28-5-1-3-24(33-28)20-10-13-35(14-11-20)26-4-2-12-36-27-16-21(30(37)38)8-9-25(27)34-29(26)36/h1,3,5-9,15-16,20,26H,2,4,10-14,18H2,(H,37,38). The fourth-order valence-corrected chi connectivity index (χ4v) is 5.81. The average Bonchev–Trinajstić information content (AvgIpc) is 3.35. The van der Waals surface area contributed by atoms with E-state index in [0.29, 0.717) is 17.4 Å². The van der Waals surface area contributed by atoms with Gasteiger partial charge >= 0.3 is 5.97 Å². The van der Waals surface area contributed by atoms with Crippen molar-refractivity contribution in [3.8, 4) is 11.9 Å². The molecule has 0 aliphatic carbocycles. The van der Waals surface area contributed by atoms with Crippen LogP contribution in [0.2, 0.25) is 0 Å². The lowest BCUT2D eigenvalue weighted by molar-refractivity contribution is 0.0697. The summed E-state index contributed by atoms with van der Waals surface area (Å²) in [7, 11) is 0. The number of aryl methyl sites for hydroxylation is 1. The third-order valence-corrected chi connectivity index (χ3v) is 7.87. The van der Waals surface area contributed by atoms with Crippen molar-refractivity contribution in [3.63, 3.8) is 0 Å². The van der Waals surface area contributed by atoms with Crippen LogP contribution < -0.4 is 4.74 Å². The Bertz CT molecular complexity index is 1590. The minimum absolute atomic E-state index is 0.0447. The molecular weight excluding hydrogens is 497 g/mol. The Morgan fingerprint density at radius 2 is 1.92 bits per heavy atom. The maximum Gasteiger partial charge on any atom is 0.335 e. The highest BCUT2D eigenvalue weighted by atomic mass is 19.1. The van der Waals surface area contributed by atoms with Crippen LogP contribution in [0.5, 0.6) is 5.88 Å². The van der Waals surface area contributed by atoms with Crippen LogP contribution in [0.3, 0.4) is 0 Å². The normalized spacial score (nSPS) is 18.0. The van der Waals surface area contributed by atoms with E-state index < -0.39 is 11.8 Å². The zero-order chi connectivity index (χ0) is 26.9. The van der Waals surface area contributed by atoms with E-state index in [1.807, 2.05) is 24.3 Å². The lowest BCUT2D eigenvalue weighted by Crippen LogP contribution is -2.39. The molecule has 2 aromatic carbocycles. The summed E-state index contributed by atoms with van der Waals surface area (Å²) in [6.45, 7) is 2.73. The molecule has 0 spiro atoms. The van der Waals surface area contributed by atoms with Crippen molar-refractivity contribution in [2.75, 3.05) is 13.1 Å². The Balaban J connectivity index is 1.12. The van der Waals surface area contributed by atoms with Crippen LogP contribution in [0, 0.1) is 17.1 Å². The van der Waals surface area contributed by atoms with Gasteiger partial charge in [0.05, 0.1) is 34.3 Å². The van der Waals surface area contributed by atoms with E-state index in [-0.39, 0.29) is 23.8 Å². The molecule has 4 aromatic rings. The van der Waals surface area contributed by atoms with Crippen molar-refractivity contribution in [3.05, 3.63) is 88.6 Å². The van der Waals surface area contributed by atoms with E-state index in [4.69, 9.17) is 20.0 Å². The number of piperidine rings is 1. The molecule has 0 bridgehead atoms. The number of hydrogen-bond acceptors (Lipinski definition) is 6. The fraction of sp³-hybridized carbons (Fsp3) is 0.333. The van der Waals surface area contributed by atoms with Crippen LogP contribution in [0.25, 0.3) is 11.0 Å². The largest absolute Gasteiger partial charge is 0.478 e. The van der Waals surface area contributed by atoms with E-state index in [0.717, 1.165) is 67.9 Å². The zero-order valence-corrected chi connectivity index (χ0v) is 21.4. The number of nitriles is 1. The van der Waals surface area contributed by atoms with Crippen molar-refractivity contribution >= 4 is 17.0 Å². The predicted octanol–water partition coefficient (Wildman–Crippen LogP) is 5.43. The molecule has 0 amide bonds. The van der Waals surface area contributed by atoms with E-state index in [1.165, 1.54) is 6.07 Å². The molecule has 1 fully saturated rings. The number of pyridine rings is 1. The molecule has 198 valence electrons. The van der Waals surface area contributed by atoms with Gasteiger partial charge in [-0.15, -0.1) is 0 Å². The van der Waals surface area contributed by atoms with Gasteiger partial charge in [0.25, 0.3) is 0 Å². The Morgan fingerprint density at radius 3 is 2.69 bits per heavy atom. The quantitative estimate of drug-likeness (QED) is 0.358. The minimum atomic E-state index is -0.925. The first-order valence-electron chi connectivity index (χ1n) is 13.3. The summed E-state index contributed by atoms with van der Waals surface area (Å²) >= 11 is 0. The number of carbonyl (C=O) groups is 1. The summed E-state index contributed by atoms with van der Waals surface area (Å²) in [6, 6.07) is 17.4. The zero-order valence-electron chi connectivity index (χ0n) is 21.4. The first-order valence-corrected chi connectivity index (χ1v) is 13.3. The number of aromatic nitrogens is 3. The second-order valence-corrected chi connectivity index (χ2v) is 10.2. The second kappa shape index (κ2) is 10.5. The molecule has 2 aromatic heterocycles. The van der Waals surface area contributed by atoms with Gasteiger partial charge in [0, 0.05) is 29.8 Å². The van der Waals surface area contributed by atoms with E-state index >= 15 is 0 Å². The maximum atomic E-state index is 14.2. The number of benzene rings is 2. The number of halogens is 1. The highest BCUT2D eigenvalue weighted by molar-refractivity contribution is 5.92. The molecule has 9 heteroatoms. The molecule has 1 saturated heterocycles. The Kier molecular flexibility index (Phi) is 6.71. The number of ether oxygens (including phenoxy) is 1. The predicted molar refractivity (Wildman–Crippen MR) is 142 cm³/mol. The number of rotatable bonds is 6. The van der Waals surface area contributed by atoms with Crippen molar-refractivity contribution in [1.82, 2.24) is 19.4 Å². The van der Waals surface area contributed by atoms with Crippen LogP contribution in [-0.4, -0.2) is 43.6 Å². The molecule has 1 N–H and O–H groups in total. The number of nitrogens with zero attached hydrogens (tertiary/aromatic N) is 5. The van der Waals surface area contributed by atoms with E-state index in [2.05, 4.69) is 9.47 Å². The van der Waals surface area contributed by atoms with Gasteiger partial charge in [-0.3, -0.25) is 4.90 Å². The summed E-state index contributed by atoms with van der Waals surface area (Å²) in [6.07, 6.45) is 3.98. The van der Waals surface area contributed by atoms with Crippen LogP contribution >= 0.6 is 0 Å². The summed E-state index contributed by atoms with van der Waals surface area (Å²) in [5.74, 6) is 0.403. The summed E-state index contributed by atoms with van der Waals surface area (Å²) < 4.78 is 22.2. The SMILES string of the molecule is N#Cc1ccc(COc2cccc(C3CCN(C4CCCn5c4nc4ccc(C(=O)O)cc45)CC3)n2)c(F)c1. The Hall–Kier alpha value is -4.29. The third kappa shape index (κ3) is 4.95. The molecular formula is C30H28FN5O3. The van der Waals surface area contributed by atoms with Gasteiger partial charge in [-0.1, -0.05) is 12.1 Å². The molecule has 4 heterocycles. The number of hydrogen-bond donors (Lipinski definition) is 1. The van der Waals surface area contributed by atoms with Crippen LogP contribution in [-0.2, 0) is 13.2 Å². The number of imidazole rings is 1. The van der Waals surface area contributed by atoms with E-state index in [1.54, 1.807) is 30.3 Å². The first-order chi connectivity index (χ1) is 19.0. The molecule has 8 nitrogen and oxygen atoms in total. The summed E-state index contributed by atoms with van der Waals surface area (Å²) in [5.41, 5.74) is 3.66. The minimum Gasteiger partial charge on any atom is -0.478 e. The fourth-order valence-electron chi connectivity index (χ4n) is 5.81. The smallest absolute Gasteiger partial charge is 0.335 e. The van der Waals surface area contributed by atoms with Gasteiger partial charge in [-0.2, -0.15) is 5.26 Å². The highest BCUT2D eigenvalue weighted by Crippen LogP contribution is 2.37. The molecule has 2 aliphatic heterocycles. The molecule has 1 unspecified atom stereocenters. The monoisotopic (exact) mass is 525 g/mol. The van der Waals surface area contributed by atoms with Crippen molar-refractivity contribution < 1.29 is 19.0 Å². The van der Waals surface area contributed by atoms with E-state index in [9.17, 15) is 14.3 Å². The van der Waals surface area contributed by atoms with Gasteiger partial charge in [0.15, 0.2) is 0 Å². The first kappa shape index (κ1) is 25.0. The van der Waals surface area contributed by atoms with Gasteiger partial charge in [0.1, 0.15) is 18.2 Å². The average molecular weight is 526 g/mol. The maximum absolute atomic E-state index is 14.2. The molecule has 0 saturated carbocycles. The molecule has 0 radical (unpaired) electrons. The van der Waals surface area contributed by atoms with Crippen molar-refractivity contribution in [2.45, 2.75) is 50.8 Å². The number of aromatic carboxylic acids is 1. The number of carboxylic acid groups (broad SMARTS) is 1. The number of likely N-dealkylation sites (tertiary alicyclic amines) is 1. The topological polar surface area (TPSA) is 104 Å². The summed E-state index contributed by atoms with van der Waals surface area (Å²) in [4.78, 5) is 23.6. The van der Waals surface area contributed by atoms with Crippen LogP contribution in [0.15, 0.2) is 54.6 Å². The number of carboxylic acids is 1.